The van der Waals surface area contributed by atoms with Crippen LogP contribution in [0.2, 0.25) is 0 Å². The summed E-state index contributed by atoms with van der Waals surface area (Å²) in [7, 11) is 4.84. The first kappa shape index (κ1) is 16.0. The number of hydrogen-bond acceptors (Lipinski definition) is 4. The number of aryl methyl sites for hydroxylation is 1. The number of ether oxygens (including phenoxy) is 1. The summed E-state index contributed by atoms with van der Waals surface area (Å²) in [5.74, 6) is -0.459. The Morgan fingerprint density at radius 2 is 2.29 bits per heavy atom. The molecule has 7 nitrogen and oxygen atoms in total. The van der Waals surface area contributed by atoms with Crippen molar-refractivity contribution in [2.75, 3.05) is 27.3 Å². The number of amides is 2. The van der Waals surface area contributed by atoms with Crippen LogP contribution >= 0.6 is 15.9 Å². The van der Waals surface area contributed by atoms with Gasteiger partial charge in [0.1, 0.15) is 10.1 Å². The maximum atomic E-state index is 12.7. The number of nitrogens with one attached hydrogen (secondary N) is 1. The topological polar surface area (TPSA) is 76.5 Å². The number of halogens is 1. The van der Waals surface area contributed by atoms with Gasteiger partial charge in [-0.05, 0) is 28.8 Å². The minimum atomic E-state index is -0.954. The Bertz CT molecular complexity index is 540. The first-order valence-electron chi connectivity index (χ1n) is 6.69. The van der Waals surface area contributed by atoms with Crippen molar-refractivity contribution >= 4 is 27.7 Å². The smallest absolute Gasteiger partial charge is 0.275 e. The quantitative estimate of drug-likeness (QED) is 0.852. The van der Waals surface area contributed by atoms with Gasteiger partial charge in [-0.25, -0.2) is 0 Å². The van der Waals surface area contributed by atoms with Crippen LogP contribution in [0.5, 0.6) is 0 Å². The average molecular weight is 359 g/mol. The van der Waals surface area contributed by atoms with Crippen molar-refractivity contribution in [1.29, 1.82) is 0 Å². The maximum absolute atomic E-state index is 12.7. The molecule has 1 N–H and O–H groups in total. The van der Waals surface area contributed by atoms with Gasteiger partial charge in [0, 0.05) is 33.8 Å². The minimum absolute atomic E-state index is 0.173. The number of likely N-dealkylation sites (tertiary alicyclic amines) is 1. The van der Waals surface area contributed by atoms with Crippen molar-refractivity contribution in [3.05, 3.63) is 16.4 Å². The number of carbonyl (C=O) groups is 2. The van der Waals surface area contributed by atoms with E-state index in [-0.39, 0.29) is 18.4 Å². The molecule has 2 heterocycles. The molecule has 0 bridgehead atoms. The van der Waals surface area contributed by atoms with Gasteiger partial charge in [0.15, 0.2) is 5.69 Å². The van der Waals surface area contributed by atoms with Gasteiger partial charge in [-0.2, -0.15) is 5.10 Å². The van der Waals surface area contributed by atoms with Crippen molar-refractivity contribution in [1.82, 2.24) is 20.0 Å². The van der Waals surface area contributed by atoms with Crippen LogP contribution in [0.25, 0.3) is 0 Å². The fraction of sp³-hybridized carbons (Fsp3) is 0.615. The molecule has 2 amide bonds. The van der Waals surface area contributed by atoms with E-state index in [2.05, 4.69) is 26.3 Å². The lowest BCUT2D eigenvalue weighted by Gasteiger charge is -2.35. The van der Waals surface area contributed by atoms with Crippen LogP contribution < -0.4 is 5.32 Å². The van der Waals surface area contributed by atoms with Crippen molar-refractivity contribution in [2.24, 2.45) is 7.05 Å². The Labute approximate surface area is 131 Å². The minimum Gasteiger partial charge on any atom is -0.382 e. The van der Waals surface area contributed by atoms with Gasteiger partial charge >= 0.3 is 0 Å². The van der Waals surface area contributed by atoms with Crippen LogP contribution in [0.15, 0.2) is 10.7 Å². The molecule has 0 aliphatic carbocycles. The number of methoxy groups -OCH3 is 1. The molecule has 0 aromatic carbocycles. The number of likely N-dealkylation sites (N-methyl/N-ethyl adjacent to an activating group) is 1. The summed E-state index contributed by atoms with van der Waals surface area (Å²) in [6.45, 7) is 0.691. The fourth-order valence-electron chi connectivity index (χ4n) is 2.78. The van der Waals surface area contributed by atoms with Crippen molar-refractivity contribution < 1.29 is 14.3 Å². The third-order valence-electron chi connectivity index (χ3n) is 3.81. The van der Waals surface area contributed by atoms with E-state index in [1.165, 1.54) is 7.11 Å². The lowest BCUT2D eigenvalue weighted by atomic mass is 9.95. The van der Waals surface area contributed by atoms with Gasteiger partial charge in [0.05, 0.1) is 6.61 Å². The number of hydrogen-bond donors (Lipinski definition) is 1. The van der Waals surface area contributed by atoms with Gasteiger partial charge in [-0.15, -0.1) is 0 Å². The second-order valence-corrected chi connectivity index (χ2v) is 5.89. The number of nitrogens with zero attached hydrogens (tertiary/aromatic N) is 3. The zero-order valence-electron chi connectivity index (χ0n) is 12.4. The summed E-state index contributed by atoms with van der Waals surface area (Å²) in [4.78, 5) is 26.6. The Hall–Kier alpha value is -1.41. The predicted molar refractivity (Wildman–Crippen MR) is 79.9 cm³/mol. The van der Waals surface area contributed by atoms with Crippen LogP contribution in [-0.4, -0.2) is 59.3 Å². The van der Waals surface area contributed by atoms with E-state index in [9.17, 15) is 9.59 Å². The summed E-state index contributed by atoms with van der Waals surface area (Å²) < 4.78 is 7.49. The summed E-state index contributed by atoms with van der Waals surface area (Å²) in [5.41, 5.74) is -0.638. The molecule has 0 spiro atoms. The van der Waals surface area contributed by atoms with Crippen molar-refractivity contribution in [2.45, 2.75) is 18.4 Å². The van der Waals surface area contributed by atoms with E-state index in [0.717, 1.165) is 6.42 Å². The summed E-state index contributed by atoms with van der Waals surface area (Å²) in [6.07, 6.45) is 1.34. The Morgan fingerprint density at radius 1 is 1.57 bits per heavy atom. The molecule has 1 aliphatic heterocycles. The first-order valence-corrected chi connectivity index (χ1v) is 7.48. The maximum Gasteiger partial charge on any atom is 0.275 e. The predicted octanol–water partition coefficient (Wildman–Crippen LogP) is 0.550. The zero-order chi connectivity index (χ0) is 15.6. The second-order valence-electron chi connectivity index (χ2n) is 5.08. The van der Waals surface area contributed by atoms with Crippen molar-refractivity contribution in [3.63, 3.8) is 0 Å². The zero-order valence-corrected chi connectivity index (χ0v) is 13.9. The average Bonchev–Trinajstić information content (AvgIpc) is 3.03. The SMILES string of the molecule is CNC(=O)C1(COC)CCCN1C(=O)c1cc(Br)n(C)n1. The third-order valence-corrected chi connectivity index (χ3v) is 4.55. The molecule has 0 radical (unpaired) electrons. The molecule has 0 saturated carbocycles. The fourth-order valence-corrected chi connectivity index (χ4v) is 3.08. The van der Waals surface area contributed by atoms with Crippen LogP contribution in [0.1, 0.15) is 23.3 Å². The molecule has 1 saturated heterocycles. The molecule has 2 rings (SSSR count). The molecule has 1 unspecified atom stereocenters. The summed E-state index contributed by atoms with van der Waals surface area (Å²) in [6, 6.07) is 1.65. The highest BCUT2D eigenvalue weighted by Gasteiger charge is 2.50. The monoisotopic (exact) mass is 358 g/mol. The highest BCUT2D eigenvalue weighted by atomic mass is 79.9. The molecule has 1 aromatic heterocycles. The molecule has 21 heavy (non-hydrogen) atoms. The summed E-state index contributed by atoms with van der Waals surface area (Å²) in [5, 5.41) is 6.81. The number of aromatic nitrogens is 2. The van der Waals surface area contributed by atoms with Gasteiger partial charge in [-0.3, -0.25) is 14.3 Å². The van der Waals surface area contributed by atoms with Crippen LogP contribution in [0.4, 0.5) is 0 Å². The van der Waals surface area contributed by atoms with Crippen LogP contribution in [0.3, 0.4) is 0 Å². The summed E-state index contributed by atoms with van der Waals surface area (Å²) >= 11 is 3.32. The van der Waals surface area contributed by atoms with E-state index < -0.39 is 5.54 Å². The third kappa shape index (κ3) is 2.69. The van der Waals surface area contributed by atoms with Crippen LogP contribution in [0, 0.1) is 0 Å². The lowest BCUT2D eigenvalue weighted by Crippen LogP contribution is -2.59. The number of carbonyl (C=O) groups excluding carboxylic acids is 2. The molecule has 8 heteroatoms. The Kier molecular flexibility index (Phi) is 4.67. The Morgan fingerprint density at radius 3 is 2.81 bits per heavy atom. The van der Waals surface area contributed by atoms with Crippen LogP contribution in [-0.2, 0) is 16.6 Å². The Balaban J connectivity index is 2.35. The van der Waals surface area contributed by atoms with E-state index in [0.29, 0.717) is 23.3 Å². The van der Waals surface area contributed by atoms with Gasteiger partial charge in [0.25, 0.3) is 5.91 Å². The normalized spacial score (nSPS) is 21.6. The molecule has 1 aliphatic rings. The molecular weight excluding hydrogens is 340 g/mol. The molecular formula is C13H19BrN4O3. The van der Waals surface area contributed by atoms with E-state index in [1.807, 2.05) is 0 Å². The van der Waals surface area contributed by atoms with Gasteiger partial charge in [-0.1, -0.05) is 0 Å². The number of rotatable bonds is 4. The largest absolute Gasteiger partial charge is 0.382 e. The molecule has 1 atom stereocenters. The molecule has 116 valence electrons. The van der Waals surface area contributed by atoms with E-state index >= 15 is 0 Å². The first-order chi connectivity index (χ1) is 9.96. The standard InChI is InChI=1S/C13H19BrN4O3/c1-15-12(20)13(8-21-3)5-4-6-18(13)11(19)9-7-10(14)17(2)16-9/h7H,4-6,8H2,1-3H3,(H,15,20). The second kappa shape index (κ2) is 6.15. The lowest BCUT2D eigenvalue weighted by molar-refractivity contribution is -0.133. The van der Waals surface area contributed by atoms with Gasteiger partial charge < -0.3 is 15.0 Å². The molecule has 1 fully saturated rings. The highest BCUT2D eigenvalue weighted by Crippen LogP contribution is 2.31. The van der Waals surface area contributed by atoms with Crippen molar-refractivity contribution in [3.8, 4) is 0 Å². The van der Waals surface area contributed by atoms with E-state index in [1.54, 1.807) is 29.7 Å². The van der Waals surface area contributed by atoms with Gasteiger partial charge in [0.2, 0.25) is 5.91 Å². The molecule has 1 aromatic rings. The highest BCUT2D eigenvalue weighted by molar-refractivity contribution is 9.10. The van der Waals surface area contributed by atoms with E-state index in [4.69, 9.17) is 4.74 Å².